The SMILES string of the molecule is COc1ccc(CCNC(=S)NNc2ccc(C(=O)[O-])cc2)cc1. The van der Waals surface area contributed by atoms with Crippen LogP contribution in [0.2, 0.25) is 0 Å². The van der Waals surface area contributed by atoms with Crippen molar-refractivity contribution in [3.8, 4) is 5.75 Å². The Morgan fingerprint density at radius 2 is 1.79 bits per heavy atom. The Bertz CT molecular complexity index is 687. The number of anilines is 1. The standard InChI is InChI=1S/C17H19N3O3S/c1-23-15-8-2-12(3-9-15)10-11-18-17(24)20-19-14-6-4-13(5-7-14)16(21)22/h2-9,19H,10-11H2,1H3,(H,21,22)(H2,18,20,24)/p-1. The van der Waals surface area contributed by atoms with Crippen molar-refractivity contribution in [3.63, 3.8) is 0 Å². The number of hydrogen-bond acceptors (Lipinski definition) is 5. The number of nitrogens with one attached hydrogen (secondary N) is 3. The van der Waals surface area contributed by atoms with E-state index in [1.54, 1.807) is 19.2 Å². The van der Waals surface area contributed by atoms with Crippen LogP contribution in [0.15, 0.2) is 48.5 Å². The molecular formula is C17H18N3O3S-. The lowest BCUT2D eigenvalue weighted by atomic mass is 10.1. The van der Waals surface area contributed by atoms with Crippen molar-refractivity contribution in [2.75, 3.05) is 19.1 Å². The molecule has 0 saturated carbocycles. The molecule has 0 saturated heterocycles. The number of thiocarbonyl (C=S) groups is 1. The van der Waals surface area contributed by atoms with Gasteiger partial charge in [-0.2, -0.15) is 0 Å². The summed E-state index contributed by atoms with van der Waals surface area (Å²) in [5.41, 5.74) is 7.73. The van der Waals surface area contributed by atoms with Gasteiger partial charge in [-0.05, 0) is 54.0 Å². The monoisotopic (exact) mass is 344 g/mol. The topological polar surface area (TPSA) is 85.5 Å². The molecule has 0 aliphatic carbocycles. The summed E-state index contributed by atoms with van der Waals surface area (Å²) in [7, 11) is 1.64. The van der Waals surface area contributed by atoms with Gasteiger partial charge in [0.25, 0.3) is 0 Å². The Morgan fingerprint density at radius 1 is 1.12 bits per heavy atom. The maximum Gasteiger partial charge on any atom is 0.185 e. The minimum absolute atomic E-state index is 0.126. The van der Waals surface area contributed by atoms with Gasteiger partial charge in [0.2, 0.25) is 0 Å². The Hall–Kier alpha value is -2.80. The quantitative estimate of drug-likeness (QED) is 0.512. The largest absolute Gasteiger partial charge is 0.545 e. The Labute approximate surface area is 145 Å². The van der Waals surface area contributed by atoms with Crippen LogP contribution >= 0.6 is 12.2 Å². The van der Waals surface area contributed by atoms with Gasteiger partial charge in [0.1, 0.15) is 5.75 Å². The Kier molecular flexibility index (Phi) is 6.39. The smallest absolute Gasteiger partial charge is 0.185 e. The summed E-state index contributed by atoms with van der Waals surface area (Å²) < 4.78 is 5.12. The highest BCUT2D eigenvalue weighted by Gasteiger charge is 1.98. The van der Waals surface area contributed by atoms with Crippen LogP contribution in [0.1, 0.15) is 15.9 Å². The molecule has 0 spiro atoms. The number of carboxylic acid groups (broad SMARTS) is 1. The fourth-order valence-corrected chi connectivity index (χ4v) is 2.13. The van der Waals surface area contributed by atoms with Crippen molar-refractivity contribution in [2.45, 2.75) is 6.42 Å². The number of hydrogen-bond donors (Lipinski definition) is 3. The van der Waals surface area contributed by atoms with E-state index in [-0.39, 0.29) is 5.56 Å². The molecule has 2 aromatic rings. The summed E-state index contributed by atoms with van der Waals surface area (Å²) in [5.74, 6) is -0.372. The van der Waals surface area contributed by atoms with Crippen LogP contribution in [0.3, 0.4) is 0 Å². The molecule has 0 aliphatic heterocycles. The zero-order valence-electron chi connectivity index (χ0n) is 13.2. The highest BCUT2D eigenvalue weighted by Crippen LogP contribution is 2.11. The summed E-state index contributed by atoms with van der Waals surface area (Å²) in [6, 6.07) is 14.0. The van der Waals surface area contributed by atoms with Crippen LogP contribution in [0, 0.1) is 0 Å². The van der Waals surface area contributed by atoms with Gasteiger partial charge in [0.15, 0.2) is 5.11 Å². The zero-order valence-corrected chi connectivity index (χ0v) is 14.0. The molecule has 0 heterocycles. The minimum atomic E-state index is -1.20. The molecule has 0 fully saturated rings. The second kappa shape index (κ2) is 8.73. The van der Waals surface area contributed by atoms with Gasteiger partial charge in [-0.3, -0.25) is 10.9 Å². The molecular weight excluding hydrogens is 326 g/mol. The van der Waals surface area contributed by atoms with E-state index in [9.17, 15) is 9.90 Å². The Morgan fingerprint density at radius 3 is 2.38 bits per heavy atom. The molecule has 0 bridgehead atoms. The van der Waals surface area contributed by atoms with E-state index < -0.39 is 5.97 Å². The van der Waals surface area contributed by atoms with E-state index in [1.807, 2.05) is 24.3 Å². The molecule has 2 rings (SSSR count). The van der Waals surface area contributed by atoms with Crippen molar-refractivity contribution < 1.29 is 14.6 Å². The predicted molar refractivity (Wildman–Crippen MR) is 94.8 cm³/mol. The highest BCUT2D eigenvalue weighted by atomic mass is 32.1. The van der Waals surface area contributed by atoms with Crippen molar-refractivity contribution in [1.82, 2.24) is 10.7 Å². The third kappa shape index (κ3) is 5.44. The van der Waals surface area contributed by atoms with Crippen LogP contribution in [-0.4, -0.2) is 24.7 Å². The molecule has 0 aromatic heterocycles. The number of benzene rings is 2. The van der Waals surface area contributed by atoms with Crippen molar-refractivity contribution in [2.24, 2.45) is 0 Å². The van der Waals surface area contributed by atoms with E-state index in [0.717, 1.165) is 12.2 Å². The summed E-state index contributed by atoms with van der Waals surface area (Å²) >= 11 is 5.17. The number of rotatable bonds is 7. The molecule has 0 aliphatic rings. The summed E-state index contributed by atoms with van der Waals surface area (Å²) in [5, 5.41) is 14.2. The first kappa shape index (κ1) is 17.6. The second-order valence-corrected chi connectivity index (χ2v) is 5.38. The van der Waals surface area contributed by atoms with E-state index in [2.05, 4.69) is 16.2 Å². The van der Waals surface area contributed by atoms with Crippen LogP contribution in [0.25, 0.3) is 0 Å². The summed E-state index contributed by atoms with van der Waals surface area (Å²) in [4.78, 5) is 10.7. The molecule has 0 amide bonds. The van der Waals surface area contributed by atoms with Gasteiger partial charge in [0, 0.05) is 6.54 Å². The summed E-state index contributed by atoms with van der Waals surface area (Å²) in [6.07, 6.45) is 0.826. The van der Waals surface area contributed by atoms with E-state index >= 15 is 0 Å². The maximum absolute atomic E-state index is 10.7. The van der Waals surface area contributed by atoms with Gasteiger partial charge >= 0.3 is 0 Å². The molecule has 0 radical (unpaired) electrons. The number of aromatic carboxylic acids is 1. The molecule has 3 N–H and O–H groups in total. The normalized spacial score (nSPS) is 9.88. The summed E-state index contributed by atoms with van der Waals surface area (Å²) in [6.45, 7) is 0.684. The lowest BCUT2D eigenvalue weighted by Crippen LogP contribution is -2.39. The maximum atomic E-state index is 10.7. The molecule has 24 heavy (non-hydrogen) atoms. The second-order valence-electron chi connectivity index (χ2n) is 4.97. The van der Waals surface area contributed by atoms with Crippen LogP contribution < -0.4 is 26.0 Å². The predicted octanol–water partition coefficient (Wildman–Crippen LogP) is 1.09. The third-order valence-electron chi connectivity index (χ3n) is 3.30. The number of ether oxygens (including phenoxy) is 1. The number of carbonyl (C=O) groups is 1. The lowest BCUT2D eigenvalue weighted by Gasteiger charge is -2.13. The number of carboxylic acids is 1. The fraction of sp³-hybridized carbons (Fsp3) is 0.176. The van der Waals surface area contributed by atoms with E-state index in [0.29, 0.717) is 17.3 Å². The van der Waals surface area contributed by atoms with Crippen molar-refractivity contribution in [1.29, 1.82) is 0 Å². The van der Waals surface area contributed by atoms with Gasteiger partial charge in [-0.15, -0.1) is 0 Å². The average molecular weight is 344 g/mol. The van der Waals surface area contributed by atoms with Gasteiger partial charge < -0.3 is 20.0 Å². The first-order valence-corrected chi connectivity index (χ1v) is 7.73. The Balaban J connectivity index is 1.70. The third-order valence-corrected chi connectivity index (χ3v) is 3.55. The van der Waals surface area contributed by atoms with E-state index in [1.165, 1.54) is 17.7 Å². The van der Waals surface area contributed by atoms with Crippen molar-refractivity contribution >= 4 is 29.0 Å². The number of methoxy groups -OCH3 is 1. The van der Waals surface area contributed by atoms with Crippen LogP contribution in [0.5, 0.6) is 5.75 Å². The fourth-order valence-electron chi connectivity index (χ4n) is 1.98. The molecule has 0 unspecified atom stereocenters. The molecule has 2 aromatic carbocycles. The number of hydrazine groups is 1. The van der Waals surface area contributed by atoms with Gasteiger partial charge in [-0.1, -0.05) is 24.3 Å². The number of carbonyl (C=O) groups excluding carboxylic acids is 1. The van der Waals surface area contributed by atoms with E-state index in [4.69, 9.17) is 17.0 Å². The first-order chi connectivity index (χ1) is 11.6. The van der Waals surface area contributed by atoms with Crippen molar-refractivity contribution in [3.05, 3.63) is 59.7 Å². The average Bonchev–Trinajstić information content (AvgIpc) is 2.61. The molecule has 0 atom stereocenters. The zero-order chi connectivity index (χ0) is 17.4. The van der Waals surface area contributed by atoms with Crippen LogP contribution in [-0.2, 0) is 6.42 Å². The van der Waals surface area contributed by atoms with Gasteiger partial charge in [0.05, 0.1) is 18.8 Å². The molecule has 126 valence electrons. The van der Waals surface area contributed by atoms with Crippen LogP contribution in [0.4, 0.5) is 5.69 Å². The highest BCUT2D eigenvalue weighted by molar-refractivity contribution is 7.80. The lowest BCUT2D eigenvalue weighted by molar-refractivity contribution is -0.255. The molecule has 7 heteroatoms. The van der Waals surface area contributed by atoms with Gasteiger partial charge in [-0.25, -0.2) is 0 Å². The molecule has 6 nitrogen and oxygen atoms in total. The first-order valence-electron chi connectivity index (χ1n) is 7.32. The minimum Gasteiger partial charge on any atom is -0.545 e.